The van der Waals surface area contributed by atoms with Crippen LogP contribution in [0.2, 0.25) is 0 Å². The van der Waals surface area contributed by atoms with Crippen molar-refractivity contribution in [1.82, 2.24) is 20.4 Å². The van der Waals surface area contributed by atoms with Crippen LogP contribution in [0.5, 0.6) is 0 Å². The van der Waals surface area contributed by atoms with Crippen LogP contribution < -0.4 is 10.6 Å². The summed E-state index contributed by atoms with van der Waals surface area (Å²) in [6, 6.07) is 4.53. The Morgan fingerprint density at radius 3 is 2.13 bits per heavy atom. The Kier molecular flexibility index (Phi) is 8.62. The molecule has 4 amide bonds. The summed E-state index contributed by atoms with van der Waals surface area (Å²) < 4.78 is 13.2. The molecule has 1 unspecified atom stereocenters. The quantitative estimate of drug-likeness (QED) is 0.712. The smallest absolute Gasteiger partial charge is 0.317 e. The number of carbonyl (C=O) groups is 3. The van der Waals surface area contributed by atoms with Gasteiger partial charge in [-0.1, -0.05) is 0 Å². The highest BCUT2D eigenvalue weighted by atomic mass is 19.1. The lowest BCUT2D eigenvalue weighted by Gasteiger charge is -2.37. The maximum Gasteiger partial charge on any atom is 0.317 e. The van der Waals surface area contributed by atoms with E-state index in [1.54, 1.807) is 9.80 Å². The Bertz CT molecular complexity index is 726. The van der Waals surface area contributed by atoms with Crippen molar-refractivity contribution < 1.29 is 18.8 Å². The molecule has 30 heavy (non-hydrogen) atoms. The van der Waals surface area contributed by atoms with Crippen molar-refractivity contribution in [1.29, 1.82) is 0 Å². The van der Waals surface area contributed by atoms with E-state index in [1.807, 2.05) is 27.7 Å². The van der Waals surface area contributed by atoms with Crippen molar-refractivity contribution in [3.05, 3.63) is 35.6 Å². The predicted octanol–water partition coefficient (Wildman–Crippen LogP) is 2.62. The zero-order valence-corrected chi connectivity index (χ0v) is 18.3. The van der Waals surface area contributed by atoms with E-state index in [9.17, 15) is 18.8 Å². The van der Waals surface area contributed by atoms with E-state index < -0.39 is 17.8 Å². The molecule has 166 valence electrons. The van der Waals surface area contributed by atoms with Crippen LogP contribution in [-0.2, 0) is 4.79 Å². The van der Waals surface area contributed by atoms with E-state index in [0.29, 0.717) is 44.6 Å². The van der Waals surface area contributed by atoms with Gasteiger partial charge in [0.25, 0.3) is 5.91 Å². The molecule has 1 aliphatic heterocycles. The van der Waals surface area contributed by atoms with Gasteiger partial charge >= 0.3 is 6.03 Å². The summed E-state index contributed by atoms with van der Waals surface area (Å²) in [5, 5.41) is 5.76. The molecule has 2 rings (SSSR count). The monoisotopic (exact) mass is 420 g/mol. The molecule has 7 nitrogen and oxygen atoms in total. The molecule has 0 aliphatic carbocycles. The summed E-state index contributed by atoms with van der Waals surface area (Å²) in [6.07, 6.45) is 1.24. The highest BCUT2D eigenvalue weighted by Gasteiger charge is 2.35. The second kappa shape index (κ2) is 10.9. The lowest BCUT2D eigenvalue weighted by Crippen LogP contribution is -2.55. The van der Waals surface area contributed by atoms with Gasteiger partial charge in [0.05, 0.1) is 0 Å². The van der Waals surface area contributed by atoms with Gasteiger partial charge in [-0.25, -0.2) is 9.18 Å². The second-order valence-electron chi connectivity index (χ2n) is 7.90. The third-order valence-electron chi connectivity index (χ3n) is 5.44. The van der Waals surface area contributed by atoms with Crippen LogP contribution in [0.15, 0.2) is 24.3 Å². The van der Waals surface area contributed by atoms with Gasteiger partial charge in [0, 0.05) is 37.8 Å². The average molecular weight is 421 g/mol. The maximum atomic E-state index is 13.2. The van der Waals surface area contributed by atoms with Crippen LogP contribution >= 0.6 is 0 Å². The van der Waals surface area contributed by atoms with E-state index >= 15 is 0 Å². The number of likely N-dealkylation sites (N-methyl/N-ethyl adjacent to an activating group) is 1. The third kappa shape index (κ3) is 6.18. The summed E-state index contributed by atoms with van der Waals surface area (Å²) >= 11 is 0. The molecule has 1 fully saturated rings. The van der Waals surface area contributed by atoms with Gasteiger partial charge in [-0.15, -0.1) is 0 Å². The standard InChI is InChI=1S/C22H33FN4O3/c1-5-26(6-2)21(29)19(25-20(28)17-7-9-18(23)10-8-17)16-11-13-27(14-12-16)22(30)24-15(3)4/h7-10,15-16,19H,5-6,11-14H2,1-4H3,(H,24,30)(H,25,28). The summed E-state index contributed by atoms with van der Waals surface area (Å²) in [6.45, 7) is 9.78. The first kappa shape index (κ1) is 23.6. The fourth-order valence-corrected chi connectivity index (χ4v) is 3.71. The summed E-state index contributed by atoms with van der Waals surface area (Å²) in [5.41, 5.74) is 0.308. The number of amides is 4. The van der Waals surface area contributed by atoms with Crippen molar-refractivity contribution in [2.45, 2.75) is 52.6 Å². The third-order valence-corrected chi connectivity index (χ3v) is 5.44. The van der Waals surface area contributed by atoms with E-state index in [2.05, 4.69) is 10.6 Å². The Morgan fingerprint density at radius 1 is 1.07 bits per heavy atom. The number of piperidine rings is 1. The topological polar surface area (TPSA) is 81.8 Å². The van der Waals surface area contributed by atoms with Crippen molar-refractivity contribution >= 4 is 17.8 Å². The first-order valence-corrected chi connectivity index (χ1v) is 10.7. The maximum absolute atomic E-state index is 13.2. The molecule has 2 N–H and O–H groups in total. The lowest BCUT2D eigenvalue weighted by atomic mass is 9.88. The number of carbonyl (C=O) groups excluding carboxylic acids is 3. The number of benzene rings is 1. The lowest BCUT2D eigenvalue weighted by molar-refractivity contribution is -0.134. The van der Waals surface area contributed by atoms with Gasteiger partial charge < -0.3 is 20.4 Å². The number of hydrogen-bond acceptors (Lipinski definition) is 3. The SMILES string of the molecule is CCN(CC)C(=O)C(NC(=O)c1ccc(F)cc1)C1CCN(C(=O)NC(C)C)CC1. The fourth-order valence-electron chi connectivity index (χ4n) is 3.71. The summed E-state index contributed by atoms with van der Waals surface area (Å²) in [5.74, 6) is -1.03. The van der Waals surface area contributed by atoms with Crippen LogP contribution in [0.1, 0.15) is 50.9 Å². The molecule has 0 spiro atoms. The van der Waals surface area contributed by atoms with Crippen LogP contribution in [0.3, 0.4) is 0 Å². The van der Waals surface area contributed by atoms with E-state index in [1.165, 1.54) is 24.3 Å². The highest BCUT2D eigenvalue weighted by Crippen LogP contribution is 2.23. The highest BCUT2D eigenvalue weighted by molar-refractivity contribution is 5.97. The fraction of sp³-hybridized carbons (Fsp3) is 0.591. The number of nitrogens with zero attached hydrogens (tertiary/aromatic N) is 2. The number of urea groups is 1. The van der Waals surface area contributed by atoms with Gasteiger partial charge in [0.1, 0.15) is 11.9 Å². The number of rotatable bonds is 7. The normalized spacial score (nSPS) is 15.6. The van der Waals surface area contributed by atoms with Crippen LogP contribution in [0.4, 0.5) is 9.18 Å². The van der Waals surface area contributed by atoms with Gasteiger partial charge in [-0.3, -0.25) is 9.59 Å². The largest absolute Gasteiger partial charge is 0.341 e. The predicted molar refractivity (Wildman–Crippen MR) is 114 cm³/mol. The van der Waals surface area contributed by atoms with Crippen molar-refractivity contribution in [3.63, 3.8) is 0 Å². The van der Waals surface area contributed by atoms with Gasteiger partial charge in [-0.05, 0) is 70.7 Å². The summed E-state index contributed by atoms with van der Waals surface area (Å²) in [4.78, 5) is 41.6. The van der Waals surface area contributed by atoms with Gasteiger partial charge in [-0.2, -0.15) is 0 Å². The van der Waals surface area contributed by atoms with Crippen LogP contribution in [0.25, 0.3) is 0 Å². The first-order chi connectivity index (χ1) is 14.3. The minimum Gasteiger partial charge on any atom is -0.341 e. The van der Waals surface area contributed by atoms with E-state index in [0.717, 1.165) is 0 Å². The van der Waals surface area contributed by atoms with Gasteiger partial charge in [0.15, 0.2) is 0 Å². The molecule has 1 heterocycles. The Hall–Kier alpha value is -2.64. The Balaban J connectivity index is 2.12. The molecule has 1 saturated heterocycles. The number of likely N-dealkylation sites (tertiary alicyclic amines) is 1. The molecule has 0 aromatic heterocycles. The Morgan fingerprint density at radius 2 is 1.63 bits per heavy atom. The molecular formula is C22H33FN4O3. The number of hydrogen-bond donors (Lipinski definition) is 2. The van der Waals surface area contributed by atoms with Crippen molar-refractivity contribution in [2.75, 3.05) is 26.2 Å². The molecule has 0 bridgehead atoms. The van der Waals surface area contributed by atoms with Crippen molar-refractivity contribution in [2.24, 2.45) is 5.92 Å². The second-order valence-corrected chi connectivity index (χ2v) is 7.90. The molecule has 0 saturated carbocycles. The minimum atomic E-state index is -0.683. The molecule has 1 aromatic rings. The molecule has 0 radical (unpaired) electrons. The van der Waals surface area contributed by atoms with E-state index in [-0.39, 0.29) is 23.9 Å². The van der Waals surface area contributed by atoms with E-state index in [4.69, 9.17) is 0 Å². The average Bonchev–Trinajstić information content (AvgIpc) is 2.72. The Labute approximate surface area is 178 Å². The van der Waals surface area contributed by atoms with Crippen molar-refractivity contribution in [3.8, 4) is 0 Å². The zero-order valence-electron chi connectivity index (χ0n) is 18.3. The van der Waals surface area contributed by atoms with Gasteiger partial charge in [0.2, 0.25) is 5.91 Å². The number of halogens is 1. The zero-order chi connectivity index (χ0) is 22.3. The molecule has 1 aliphatic rings. The summed E-state index contributed by atoms with van der Waals surface area (Å²) in [7, 11) is 0. The first-order valence-electron chi connectivity index (χ1n) is 10.7. The molecule has 1 atom stereocenters. The van der Waals surface area contributed by atoms with Crippen LogP contribution in [0, 0.1) is 11.7 Å². The minimum absolute atomic E-state index is 0.0576. The molecule has 1 aromatic carbocycles. The number of nitrogens with one attached hydrogen (secondary N) is 2. The van der Waals surface area contributed by atoms with Crippen LogP contribution in [-0.4, -0.2) is 65.9 Å². The molecule has 8 heteroatoms. The molecular weight excluding hydrogens is 387 g/mol.